The maximum absolute atomic E-state index is 12.8. The van der Waals surface area contributed by atoms with E-state index in [-0.39, 0.29) is 18.1 Å². The average Bonchev–Trinajstić information content (AvgIpc) is 3.21. The van der Waals surface area contributed by atoms with Gasteiger partial charge in [0, 0.05) is 28.9 Å². The molecule has 1 aromatic carbocycles. The third kappa shape index (κ3) is 3.33. The fourth-order valence-corrected chi connectivity index (χ4v) is 3.78. The Morgan fingerprint density at radius 3 is 2.83 bits per heavy atom. The molecule has 0 aliphatic heterocycles. The van der Waals surface area contributed by atoms with Gasteiger partial charge in [-0.3, -0.25) is 9.97 Å². The molecule has 3 N–H and O–H groups in total. The van der Waals surface area contributed by atoms with E-state index in [4.69, 9.17) is 10.5 Å². The van der Waals surface area contributed by atoms with E-state index in [1.54, 1.807) is 18.6 Å². The minimum absolute atomic E-state index is 0.107. The molecule has 0 saturated heterocycles. The average molecular weight is 399 g/mol. The minimum Gasteiger partial charge on any atom is -0.459 e. The van der Waals surface area contributed by atoms with Crippen molar-refractivity contribution in [1.82, 2.24) is 19.9 Å². The Balaban J connectivity index is 1.54. The summed E-state index contributed by atoms with van der Waals surface area (Å²) in [5, 5.41) is 0.731. The number of aromatic amines is 1. The molecule has 3 heterocycles. The van der Waals surface area contributed by atoms with Crippen LogP contribution in [0.2, 0.25) is 0 Å². The fourth-order valence-electron chi connectivity index (χ4n) is 3.78. The van der Waals surface area contributed by atoms with Gasteiger partial charge in [0.1, 0.15) is 6.10 Å². The number of hydrogen-bond acceptors (Lipinski definition) is 6. The molecule has 30 heavy (non-hydrogen) atoms. The molecule has 1 aliphatic carbocycles. The number of benzene rings is 1. The van der Waals surface area contributed by atoms with Crippen molar-refractivity contribution in [2.45, 2.75) is 31.9 Å². The van der Waals surface area contributed by atoms with Crippen molar-refractivity contribution in [3.8, 4) is 22.6 Å². The molecule has 0 amide bonds. The summed E-state index contributed by atoms with van der Waals surface area (Å²) in [5.74, 6) is -0.348. The van der Waals surface area contributed by atoms with Crippen LogP contribution in [0.3, 0.4) is 0 Å². The summed E-state index contributed by atoms with van der Waals surface area (Å²) in [6, 6.07) is 13.5. The van der Waals surface area contributed by atoms with Crippen molar-refractivity contribution in [3.63, 3.8) is 0 Å². The second-order valence-corrected chi connectivity index (χ2v) is 7.64. The number of fused-ring (bicyclic) bond motifs is 1. The van der Waals surface area contributed by atoms with Crippen molar-refractivity contribution in [1.29, 1.82) is 0 Å². The van der Waals surface area contributed by atoms with Gasteiger partial charge in [0.05, 0.1) is 34.5 Å². The number of carbonyl (C=O) groups is 1. The third-order valence-electron chi connectivity index (χ3n) is 5.42. The molecule has 0 atom stereocenters. The largest absolute Gasteiger partial charge is 0.459 e. The van der Waals surface area contributed by atoms with Crippen molar-refractivity contribution in [2.24, 2.45) is 5.73 Å². The number of H-pyrrole nitrogens is 1. The number of nitrogens with zero attached hydrogens (tertiary/aromatic N) is 3. The van der Waals surface area contributed by atoms with E-state index in [2.05, 4.69) is 19.9 Å². The van der Waals surface area contributed by atoms with Crippen molar-refractivity contribution < 1.29 is 9.53 Å². The zero-order chi connectivity index (χ0) is 20.7. The van der Waals surface area contributed by atoms with Crippen LogP contribution in [0, 0.1) is 6.92 Å². The summed E-state index contributed by atoms with van der Waals surface area (Å²) >= 11 is 0. The van der Waals surface area contributed by atoms with E-state index in [1.807, 2.05) is 43.3 Å². The minimum atomic E-state index is -0.348. The van der Waals surface area contributed by atoms with Crippen LogP contribution in [0.5, 0.6) is 0 Å². The summed E-state index contributed by atoms with van der Waals surface area (Å²) < 4.78 is 5.61. The molecule has 5 rings (SSSR count). The molecular formula is C23H21N5O2. The van der Waals surface area contributed by atoms with E-state index in [9.17, 15) is 4.79 Å². The smallest absolute Gasteiger partial charge is 0.339 e. The Hall–Kier alpha value is -3.58. The number of rotatable bonds is 4. The normalized spacial score (nSPS) is 18.2. The van der Waals surface area contributed by atoms with E-state index in [0.717, 1.165) is 39.2 Å². The van der Waals surface area contributed by atoms with Gasteiger partial charge < -0.3 is 15.5 Å². The highest BCUT2D eigenvalue weighted by Crippen LogP contribution is 2.31. The third-order valence-corrected chi connectivity index (χ3v) is 5.42. The molecule has 0 unspecified atom stereocenters. The molecule has 7 heteroatoms. The molecule has 1 fully saturated rings. The first-order valence-corrected chi connectivity index (χ1v) is 9.91. The highest BCUT2D eigenvalue weighted by molar-refractivity contribution is 6.04. The second-order valence-electron chi connectivity index (χ2n) is 7.64. The van der Waals surface area contributed by atoms with Gasteiger partial charge in [0.15, 0.2) is 0 Å². The van der Waals surface area contributed by atoms with E-state index < -0.39 is 0 Å². The first kappa shape index (κ1) is 18.4. The number of pyridine rings is 2. The van der Waals surface area contributed by atoms with Gasteiger partial charge in [-0.2, -0.15) is 0 Å². The molecular weight excluding hydrogens is 378 g/mol. The van der Waals surface area contributed by atoms with Gasteiger partial charge in [-0.15, -0.1) is 0 Å². The number of nitrogens with two attached hydrogens (primary N) is 1. The number of hydrogen-bond donors (Lipinski definition) is 2. The summed E-state index contributed by atoms with van der Waals surface area (Å²) in [5.41, 5.74) is 11.2. The van der Waals surface area contributed by atoms with Crippen molar-refractivity contribution in [3.05, 3.63) is 66.2 Å². The monoisotopic (exact) mass is 399 g/mol. The standard InChI is InChI=1S/C23H21N5O2/c1-13-3-2-4-20(28-13)22-21(26-12-27-22)14-5-6-19-18(9-14)17(7-8-25-19)23(29)30-16-10-15(24)11-16/h2-9,12,15-16H,10-11,24H2,1H3,(H,26,27). The topological polar surface area (TPSA) is 107 Å². The zero-order valence-electron chi connectivity index (χ0n) is 16.5. The van der Waals surface area contributed by atoms with Gasteiger partial charge in [0.2, 0.25) is 0 Å². The number of carbonyl (C=O) groups excluding carboxylic acids is 1. The number of imidazole rings is 1. The fraction of sp³-hybridized carbons (Fsp3) is 0.217. The molecule has 0 bridgehead atoms. The SMILES string of the molecule is Cc1cccc(-c2[nH]cnc2-c2ccc3nccc(C(=O)OC4CC(N)C4)c3c2)n1. The van der Waals surface area contributed by atoms with Crippen LogP contribution in [0.25, 0.3) is 33.5 Å². The van der Waals surface area contributed by atoms with Gasteiger partial charge in [0.25, 0.3) is 0 Å². The van der Waals surface area contributed by atoms with E-state index >= 15 is 0 Å². The predicted molar refractivity (Wildman–Crippen MR) is 114 cm³/mol. The van der Waals surface area contributed by atoms with Gasteiger partial charge in [-0.1, -0.05) is 12.1 Å². The zero-order valence-corrected chi connectivity index (χ0v) is 16.5. The highest BCUT2D eigenvalue weighted by Gasteiger charge is 2.30. The number of aromatic nitrogens is 4. The lowest BCUT2D eigenvalue weighted by Gasteiger charge is -2.31. The van der Waals surface area contributed by atoms with Crippen LogP contribution >= 0.6 is 0 Å². The molecule has 7 nitrogen and oxygen atoms in total. The molecule has 0 radical (unpaired) electrons. The van der Waals surface area contributed by atoms with Crippen LogP contribution in [0.4, 0.5) is 0 Å². The molecule has 4 aromatic rings. The first-order valence-electron chi connectivity index (χ1n) is 9.91. The van der Waals surface area contributed by atoms with Crippen LogP contribution < -0.4 is 5.73 Å². The van der Waals surface area contributed by atoms with Gasteiger partial charge in [-0.05, 0) is 50.1 Å². The van der Waals surface area contributed by atoms with Crippen LogP contribution in [0.15, 0.2) is 55.0 Å². The molecule has 1 saturated carbocycles. The van der Waals surface area contributed by atoms with Crippen molar-refractivity contribution >= 4 is 16.9 Å². The molecule has 1 aliphatic rings. The number of ether oxygens (including phenoxy) is 1. The maximum Gasteiger partial charge on any atom is 0.339 e. The summed E-state index contributed by atoms with van der Waals surface area (Å²) in [6.45, 7) is 1.95. The quantitative estimate of drug-likeness (QED) is 0.508. The molecule has 0 spiro atoms. The Morgan fingerprint density at radius 2 is 2.03 bits per heavy atom. The number of nitrogens with one attached hydrogen (secondary N) is 1. The van der Waals surface area contributed by atoms with Crippen LogP contribution in [-0.2, 0) is 4.74 Å². The van der Waals surface area contributed by atoms with Crippen molar-refractivity contribution in [2.75, 3.05) is 0 Å². The lowest BCUT2D eigenvalue weighted by Crippen LogP contribution is -2.42. The first-order chi connectivity index (χ1) is 14.6. The van der Waals surface area contributed by atoms with Crippen LogP contribution in [0.1, 0.15) is 28.9 Å². The van der Waals surface area contributed by atoms with Gasteiger partial charge >= 0.3 is 5.97 Å². The lowest BCUT2D eigenvalue weighted by molar-refractivity contribution is 0.00343. The van der Waals surface area contributed by atoms with E-state index in [1.165, 1.54) is 0 Å². The summed E-state index contributed by atoms with van der Waals surface area (Å²) in [6.07, 6.45) is 4.59. The highest BCUT2D eigenvalue weighted by atomic mass is 16.5. The Kier molecular flexibility index (Phi) is 4.52. The number of aryl methyl sites for hydroxylation is 1. The lowest BCUT2D eigenvalue weighted by atomic mass is 9.90. The molecule has 150 valence electrons. The Labute approximate surface area is 173 Å². The van der Waals surface area contributed by atoms with Crippen LogP contribution in [-0.4, -0.2) is 38.1 Å². The summed E-state index contributed by atoms with van der Waals surface area (Å²) in [7, 11) is 0. The predicted octanol–water partition coefficient (Wildman–Crippen LogP) is 3.64. The summed E-state index contributed by atoms with van der Waals surface area (Å²) in [4.78, 5) is 29.5. The second kappa shape index (κ2) is 7.35. The Bertz CT molecular complexity index is 1240. The Morgan fingerprint density at radius 1 is 1.17 bits per heavy atom. The van der Waals surface area contributed by atoms with E-state index in [0.29, 0.717) is 18.4 Å². The maximum atomic E-state index is 12.8. The van der Waals surface area contributed by atoms with Gasteiger partial charge in [-0.25, -0.2) is 9.78 Å². The number of esters is 1. The molecule has 3 aromatic heterocycles.